The first-order chi connectivity index (χ1) is 16.7. The molecule has 3 aromatic carbocycles. The molecule has 1 saturated heterocycles. The SMILES string of the molecule is Cc1nc(-c2ccc(N3CC(CN(C)S(=O)(=O)c4ccc5cc(Cl)ccc5c4)OC3=O)cc2)no1. The zero-order chi connectivity index (χ0) is 24.7. The Bertz CT molecular complexity index is 1520. The Morgan fingerprint density at radius 3 is 2.51 bits per heavy atom. The van der Waals surface area contributed by atoms with E-state index in [4.69, 9.17) is 20.9 Å². The lowest BCUT2D eigenvalue weighted by molar-refractivity contribution is 0.131. The van der Waals surface area contributed by atoms with Gasteiger partial charge in [-0.2, -0.15) is 9.29 Å². The zero-order valence-electron chi connectivity index (χ0n) is 18.9. The average Bonchev–Trinajstić information content (AvgIpc) is 3.43. The summed E-state index contributed by atoms with van der Waals surface area (Å²) in [6.45, 7) is 1.94. The van der Waals surface area contributed by atoms with Crippen molar-refractivity contribution < 1.29 is 22.5 Å². The molecule has 1 amide bonds. The molecule has 180 valence electrons. The van der Waals surface area contributed by atoms with Crippen molar-refractivity contribution in [2.75, 3.05) is 25.0 Å². The third-order valence-corrected chi connectivity index (χ3v) is 7.84. The van der Waals surface area contributed by atoms with E-state index < -0.39 is 22.2 Å². The lowest BCUT2D eigenvalue weighted by Crippen LogP contribution is -2.36. The molecule has 1 aromatic heterocycles. The van der Waals surface area contributed by atoms with Crippen LogP contribution in [-0.2, 0) is 14.8 Å². The van der Waals surface area contributed by atoms with Crippen molar-refractivity contribution in [2.24, 2.45) is 0 Å². The predicted molar refractivity (Wildman–Crippen MR) is 131 cm³/mol. The Labute approximate surface area is 206 Å². The van der Waals surface area contributed by atoms with Crippen molar-refractivity contribution in [3.05, 3.63) is 71.6 Å². The van der Waals surface area contributed by atoms with Gasteiger partial charge in [0, 0.05) is 30.2 Å². The topological polar surface area (TPSA) is 106 Å². The van der Waals surface area contributed by atoms with Gasteiger partial charge >= 0.3 is 6.09 Å². The highest BCUT2D eigenvalue weighted by Crippen LogP contribution is 2.27. The summed E-state index contributed by atoms with van der Waals surface area (Å²) in [4.78, 5) is 18.3. The summed E-state index contributed by atoms with van der Waals surface area (Å²) in [5, 5.41) is 6.08. The molecule has 0 saturated carbocycles. The van der Waals surface area contributed by atoms with E-state index in [0.717, 1.165) is 16.3 Å². The number of carbonyl (C=O) groups excluding carboxylic acids is 1. The summed E-state index contributed by atoms with van der Waals surface area (Å²) in [7, 11) is -2.32. The number of halogens is 1. The van der Waals surface area contributed by atoms with E-state index in [0.29, 0.717) is 22.4 Å². The number of anilines is 1. The van der Waals surface area contributed by atoms with Crippen molar-refractivity contribution in [2.45, 2.75) is 17.9 Å². The summed E-state index contributed by atoms with van der Waals surface area (Å²) in [5.74, 6) is 0.918. The molecule has 2 heterocycles. The average molecular weight is 513 g/mol. The number of nitrogens with zero attached hydrogens (tertiary/aromatic N) is 4. The first-order valence-corrected chi connectivity index (χ1v) is 12.6. The fourth-order valence-electron chi connectivity index (χ4n) is 3.95. The van der Waals surface area contributed by atoms with Gasteiger partial charge < -0.3 is 9.26 Å². The second-order valence-electron chi connectivity index (χ2n) is 8.24. The van der Waals surface area contributed by atoms with E-state index in [1.54, 1.807) is 67.6 Å². The molecule has 0 bridgehead atoms. The number of rotatable bonds is 6. The molecule has 9 nitrogen and oxygen atoms in total. The molecule has 1 atom stereocenters. The maximum absolute atomic E-state index is 13.2. The van der Waals surface area contributed by atoms with Crippen LogP contribution in [0.4, 0.5) is 10.5 Å². The quantitative estimate of drug-likeness (QED) is 0.374. The van der Waals surface area contributed by atoms with Gasteiger partial charge in [0.15, 0.2) is 0 Å². The third kappa shape index (κ3) is 4.60. The van der Waals surface area contributed by atoms with Crippen LogP contribution in [0.3, 0.4) is 0 Å². The van der Waals surface area contributed by atoms with Crippen molar-refractivity contribution in [1.29, 1.82) is 0 Å². The van der Waals surface area contributed by atoms with Crippen molar-refractivity contribution >= 4 is 44.2 Å². The Morgan fingerprint density at radius 2 is 1.80 bits per heavy atom. The first kappa shape index (κ1) is 23.3. The van der Waals surface area contributed by atoms with Gasteiger partial charge in [-0.1, -0.05) is 28.9 Å². The first-order valence-electron chi connectivity index (χ1n) is 10.8. The molecule has 0 N–H and O–H groups in total. The number of hydrogen-bond acceptors (Lipinski definition) is 7. The smallest absolute Gasteiger partial charge is 0.414 e. The molecule has 4 aromatic rings. The number of cyclic esters (lactones) is 1. The summed E-state index contributed by atoms with van der Waals surface area (Å²) in [5.41, 5.74) is 1.37. The number of aryl methyl sites for hydroxylation is 1. The second-order valence-corrected chi connectivity index (χ2v) is 10.7. The largest absolute Gasteiger partial charge is 0.443 e. The highest BCUT2D eigenvalue weighted by molar-refractivity contribution is 7.89. The van der Waals surface area contributed by atoms with Gasteiger partial charge in [-0.05, 0) is 59.3 Å². The highest BCUT2D eigenvalue weighted by Gasteiger charge is 2.35. The molecular formula is C24H21ClN4O5S. The summed E-state index contributed by atoms with van der Waals surface area (Å²) in [6.07, 6.45) is -1.16. The van der Waals surface area contributed by atoms with Gasteiger partial charge in [0.2, 0.25) is 21.7 Å². The molecule has 1 aliphatic rings. The van der Waals surface area contributed by atoms with Crippen LogP contribution in [0, 0.1) is 6.92 Å². The number of aromatic nitrogens is 2. The lowest BCUT2D eigenvalue weighted by Gasteiger charge is -2.20. The van der Waals surface area contributed by atoms with E-state index in [1.807, 2.05) is 0 Å². The minimum atomic E-state index is -3.79. The molecule has 1 unspecified atom stereocenters. The number of ether oxygens (including phenoxy) is 1. The normalized spacial score (nSPS) is 16.3. The molecule has 0 radical (unpaired) electrons. The van der Waals surface area contributed by atoms with Crippen LogP contribution < -0.4 is 4.90 Å². The Morgan fingerprint density at radius 1 is 1.09 bits per heavy atom. The number of carbonyl (C=O) groups is 1. The maximum Gasteiger partial charge on any atom is 0.414 e. The van der Waals surface area contributed by atoms with Gasteiger partial charge in [0.1, 0.15) is 6.10 Å². The highest BCUT2D eigenvalue weighted by atomic mass is 35.5. The van der Waals surface area contributed by atoms with Crippen LogP contribution in [0.25, 0.3) is 22.2 Å². The molecule has 35 heavy (non-hydrogen) atoms. The fourth-order valence-corrected chi connectivity index (χ4v) is 5.37. The van der Waals surface area contributed by atoms with E-state index in [9.17, 15) is 13.2 Å². The van der Waals surface area contributed by atoms with Gasteiger partial charge in [-0.25, -0.2) is 13.2 Å². The number of hydrogen-bond donors (Lipinski definition) is 0. The van der Waals surface area contributed by atoms with Crippen molar-refractivity contribution in [1.82, 2.24) is 14.4 Å². The van der Waals surface area contributed by atoms with E-state index in [-0.39, 0.29) is 18.0 Å². The van der Waals surface area contributed by atoms with Gasteiger partial charge in [0.05, 0.1) is 18.0 Å². The van der Waals surface area contributed by atoms with Gasteiger partial charge in [-0.15, -0.1) is 0 Å². The number of likely N-dealkylation sites (N-methyl/N-ethyl adjacent to an activating group) is 1. The number of amides is 1. The lowest BCUT2D eigenvalue weighted by atomic mass is 10.1. The minimum absolute atomic E-state index is 0.0173. The maximum atomic E-state index is 13.2. The van der Waals surface area contributed by atoms with E-state index in [2.05, 4.69) is 10.1 Å². The van der Waals surface area contributed by atoms with Crippen LogP contribution in [0.5, 0.6) is 0 Å². The van der Waals surface area contributed by atoms with Gasteiger partial charge in [-0.3, -0.25) is 4.90 Å². The monoisotopic (exact) mass is 512 g/mol. The molecule has 1 aliphatic heterocycles. The summed E-state index contributed by atoms with van der Waals surface area (Å²) < 4.78 is 38.0. The molecular weight excluding hydrogens is 492 g/mol. The van der Waals surface area contributed by atoms with Crippen LogP contribution in [-0.4, -0.2) is 55.2 Å². The van der Waals surface area contributed by atoms with Crippen LogP contribution in [0.2, 0.25) is 5.02 Å². The standard InChI is InChI=1S/C24H21ClN4O5S/c1-15-26-23(27-34-15)16-4-8-20(9-5-16)29-14-21(33-24(29)30)13-28(2)35(31,32)22-10-6-17-11-19(25)7-3-18(17)12-22/h3-12,21H,13-14H2,1-2H3. The molecule has 5 rings (SSSR count). The van der Waals surface area contributed by atoms with Crippen molar-refractivity contribution in [3.63, 3.8) is 0 Å². The van der Waals surface area contributed by atoms with E-state index in [1.165, 1.54) is 16.3 Å². The predicted octanol–water partition coefficient (Wildman–Crippen LogP) is 4.50. The fraction of sp³-hybridized carbons (Fsp3) is 0.208. The minimum Gasteiger partial charge on any atom is -0.443 e. The van der Waals surface area contributed by atoms with E-state index >= 15 is 0 Å². The van der Waals surface area contributed by atoms with Crippen molar-refractivity contribution in [3.8, 4) is 11.4 Å². The Hall–Kier alpha value is -3.47. The van der Waals surface area contributed by atoms with Crippen LogP contribution in [0.1, 0.15) is 5.89 Å². The second kappa shape index (κ2) is 8.95. The summed E-state index contributed by atoms with van der Waals surface area (Å²) >= 11 is 6.02. The Balaban J connectivity index is 1.28. The third-order valence-electron chi connectivity index (χ3n) is 5.78. The number of benzene rings is 3. The Kier molecular flexibility index (Phi) is 5.96. The number of fused-ring (bicyclic) bond motifs is 1. The molecule has 1 fully saturated rings. The van der Waals surface area contributed by atoms with Crippen LogP contribution in [0.15, 0.2) is 70.1 Å². The molecule has 11 heteroatoms. The van der Waals surface area contributed by atoms with Crippen LogP contribution >= 0.6 is 11.6 Å². The zero-order valence-corrected chi connectivity index (χ0v) is 20.5. The molecule has 0 aliphatic carbocycles. The summed E-state index contributed by atoms with van der Waals surface area (Å²) in [6, 6.07) is 17.2. The molecule has 0 spiro atoms. The number of sulfonamides is 1. The van der Waals surface area contributed by atoms with Gasteiger partial charge in [0.25, 0.3) is 0 Å².